The lowest BCUT2D eigenvalue weighted by atomic mass is 10.1. The van der Waals surface area contributed by atoms with Gasteiger partial charge in [-0.15, -0.1) is 0 Å². The third-order valence-corrected chi connectivity index (χ3v) is 4.08. The minimum Gasteiger partial charge on any atom is -0.455 e. The van der Waals surface area contributed by atoms with Crippen LogP contribution in [0.4, 0.5) is 0 Å². The summed E-state index contributed by atoms with van der Waals surface area (Å²) in [7, 11) is -5.39. The van der Waals surface area contributed by atoms with Gasteiger partial charge in [-0.25, -0.2) is 0 Å². The van der Waals surface area contributed by atoms with Crippen LogP contribution in [0.1, 0.15) is 20.8 Å². The molecule has 11 nitrogen and oxygen atoms in total. The minimum absolute atomic E-state index is 0.846. The molecule has 0 bridgehead atoms. The van der Waals surface area contributed by atoms with Gasteiger partial charge < -0.3 is 33.8 Å². The van der Waals surface area contributed by atoms with Gasteiger partial charge in [-0.2, -0.15) is 0 Å². The fourth-order valence-corrected chi connectivity index (χ4v) is 3.18. The van der Waals surface area contributed by atoms with Crippen LogP contribution in [0.2, 0.25) is 0 Å². The van der Waals surface area contributed by atoms with E-state index in [-0.39, 0.29) is 0 Å². The smallest absolute Gasteiger partial charge is 0.401 e. The molecule has 0 unspecified atom stereocenters. The predicted octanol–water partition coefficient (Wildman–Crippen LogP) is -1.36. The third-order valence-electron chi connectivity index (χ3n) is 2.82. The van der Waals surface area contributed by atoms with E-state index >= 15 is 0 Å². The molecule has 0 spiro atoms. The topological polar surface area (TPSA) is 166 Å². The van der Waals surface area contributed by atoms with Crippen molar-refractivity contribution >= 4 is 25.5 Å². The second kappa shape index (κ2) is 6.93. The maximum absolute atomic E-state index is 11.9. The molecule has 0 aromatic heterocycles. The number of aliphatic hydroxyl groups excluding tert-OH is 1. The number of esters is 3. The van der Waals surface area contributed by atoms with Crippen molar-refractivity contribution in [3.05, 3.63) is 0 Å². The molecule has 1 aliphatic rings. The van der Waals surface area contributed by atoms with E-state index in [0.29, 0.717) is 0 Å². The number of carbonyl (C=O) groups is 3. The molecule has 1 heterocycles. The molecule has 12 heteroatoms. The van der Waals surface area contributed by atoms with Gasteiger partial charge in [0.15, 0.2) is 6.10 Å². The lowest BCUT2D eigenvalue weighted by molar-refractivity contribution is -0.221. The third kappa shape index (κ3) is 4.06. The Balaban J connectivity index is 3.44. The van der Waals surface area contributed by atoms with Crippen LogP contribution >= 0.6 is 7.60 Å². The molecule has 0 saturated carbocycles. The Kier molecular flexibility index (Phi) is 5.89. The molecule has 4 atom stereocenters. The number of rotatable bonds is 5. The van der Waals surface area contributed by atoms with Crippen molar-refractivity contribution in [3.63, 3.8) is 0 Å². The molecule has 0 aliphatic carbocycles. The lowest BCUT2D eigenvalue weighted by Crippen LogP contribution is -2.49. The van der Waals surface area contributed by atoms with Crippen molar-refractivity contribution in [1.29, 1.82) is 0 Å². The molecule has 3 N–H and O–H groups in total. The van der Waals surface area contributed by atoms with E-state index in [9.17, 15) is 33.8 Å². The number of ether oxygens (including phenoxy) is 4. The Morgan fingerprint density at radius 1 is 1.09 bits per heavy atom. The van der Waals surface area contributed by atoms with Crippen molar-refractivity contribution in [1.82, 2.24) is 0 Å². The van der Waals surface area contributed by atoms with Crippen LogP contribution in [0, 0.1) is 0 Å². The SMILES string of the molecule is CC(=O)O[C@@H]1[C@@H](CO)O[C@@](OC(C)=O)(P(=O)(O)O)[C@H]1OC(C)=O. The van der Waals surface area contributed by atoms with Crippen LogP contribution in [-0.4, -0.2) is 63.2 Å². The molecule has 1 saturated heterocycles. The first-order chi connectivity index (χ1) is 10.4. The normalized spacial score (nSPS) is 30.6. The van der Waals surface area contributed by atoms with Crippen LogP contribution in [0.3, 0.4) is 0 Å². The maximum Gasteiger partial charge on any atom is 0.401 e. The predicted molar refractivity (Wildman–Crippen MR) is 69.6 cm³/mol. The summed E-state index contributed by atoms with van der Waals surface area (Å²) in [5.74, 6) is -3.04. The number of hydrogen-bond acceptors (Lipinski definition) is 9. The van der Waals surface area contributed by atoms with E-state index in [1.807, 2.05) is 0 Å². The summed E-state index contributed by atoms with van der Waals surface area (Å²) in [6.45, 7) is 1.91. The number of hydrogen-bond donors (Lipinski definition) is 3. The van der Waals surface area contributed by atoms with E-state index in [1.165, 1.54) is 0 Å². The summed E-state index contributed by atoms with van der Waals surface area (Å²) in [5.41, 5.74) is -3.03. The molecule has 132 valence electrons. The fourth-order valence-electron chi connectivity index (χ4n) is 2.13. The Morgan fingerprint density at radius 2 is 1.61 bits per heavy atom. The van der Waals surface area contributed by atoms with Crippen LogP contribution in [0.5, 0.6) is 0 Å². The summed E-state index contributed by atoms with van der Waals surface area (Å²) in [6.07, 6.45) is -5.05. The Labute approximate surface area is 130 Å². The fraction of sp³-hybridized carbons (Fsp3) is 0.727. The van der Waals surface area contributed by atoms with Gasteiger partial charge in [-0.3, -0.25) is 18.9 Å². The highest BCUT2D eigenvalue weighted by molar-refractivity contribution is 7.53. The second-order valence-electron chi connectivity index (χ2n) is 4.71. The van der Waals surface area contributed by atoms with Gasteiger partial charge in [0.25, 0.3) is 0 Å². The van der Waals surface area contributed by atoms with Gasteiger partial charge in [-0.1, -0.05) is 0 Å². The molecular weight excluding hydrogens is 339 g/mol. The average Bonchev–Trinajstić information content (AvgIpc) is 2.63. The Hall–Kier alpha value is -1.52. The molecular formula is C11H17O11P. The van der Waals surface area contributed by atoms with Gasteiger partial charge >= 0.3 is 31.0 Å². The first-order valence-electron chi connectivity index (χ1n) is 6.33. The van der Waals surface area contributed by atoms with Crippen molar-refractivity contribution in [3.8, 4) is 0 Å². The van der Waals surface area contributed by atoms with Crippen LogP contribution in [0.25, 0.3) is 0 Å². The molecule has 23 heavy (non-hydrogen) atoms. The first kappa shape index (κ1) is 19.5. The van der Waals surface area contributed by atoms with E-state index in [1.54, 1.807) is 0 Å². The molecule has 0 radical (unpaired) electrons. The highest BCUT2D eigenvalue weighted by Gasteiger charge is 2.71. The Morgan fingerprint density at radius 3 is 1.96 bits per heavy atom. The zero-order chi connectivity index (χ0) is 18.0. The van der Waals surface area contributed by atoms with E-state index < -0.39 is 56.0 Å². The van der Waals surface area contributed by atoms with Crippen LogP contribution in [0.15, 0.2) is 0 Å². The van der Waals surface area contributed by atoms with E-state index in [4.69, 9.17) is 14.2 Å². The number of aliphatic hydroxyl groups is 1. The van der Waals surface area contributed by atoms with Crippen molar-refractivity contribution in [2.75, 3.05) is 6.61 Å². The highest BCUT2D eigenvalue weighted by atomic mass is 31.2. The molecule has 1 fully saturated rings. The van der Waals surface area contributed by atoms with Gasteiger partial charge in [-0.05, 0) is 0 Å². The van der Waals surface area contributed by atoms with Crippen molar-refractivity contribution in [2.45, 2.75) is 44.6 Å². The quantitative estimate of drug-likeness (QED) is 0.302. The van der Waals surface area contributed by atoms with Gasteiger partial charge in [0.05, 0.1) is 6.61 Å². The zero-order valence-corrected chi connectivity index (χ0v) is 13.4. The summed E-state index contributed by atoms with van der Waals surface area (Å²) in [6, 6.07) is 0. The summed E-state index contributed by atoms with van der Waals surface area (Å²) < 4.78 is 31.1. The lowest BCUT2D eigenvalue weighted by Gasteiger charge is -2.33. The molecule has 0 aromatic carbocycles. The summed E-state index contributed by atoms with van der Waals surface area (Å²) in [4.78, 5) is 52.8. The average molecular weight is 356 g/mol. The van der Waals surface area contributed by atoms with Crippen molar-refractivity contribution < 1.29 is 52.8 Å². The van der Waals surface area contributed by atoms with Crippen molar-refractivity contribution in [2.24, 2.45) is 0 Å². The second-order valence-corrected chi connectivity index (χ2v) is 6.42. The summed E-state index contributed by atoms with van der Waals surface area (Å²) in [5, 5.41) is 9.28. The zero-order valence-electron chi connectivity index (χ0n) is 12.5. The molecule has 0 aromatic rings. The van der Waals surface area contributed by atoms with Gasteiger partial charge in [0.2, 0.25) is 6.10 Å². The van der Waals surface area contributed by atoms with Crippen LogP contribution < -0.4 is 0 Å². The summed E-state index contributed by atoms with van der Waals surface area (Å²) >= 11 is 0. The van der Waals surface area contributed by atoms with Gasteiger partial charge in [0.1, 0.15) is 6.10 Å². The van der Waals surface area contributed by atoms with E-state index in [0.717, 1.165) is 20.8 Å². The number of carbonyl (C=O) groups excluding carboxylic acids is 3. The Bertz CT molecular complexity index is 540. The standard InChI is InChI=1S/C11H17O11P/c1-5(13)19-9-8(4-12)22-11(21-7(3)15,23(16,17)18)10(9)20-6(2)14/h8-10,12H,4H2,1-3H3,(H2,16,17,18)/t8-,9-,10+,11-/m1/s1. The first-order valence-corrected chi connectivity index (χ1v) is 7.94. The largest absolute Gasteiger partial charge is 0.455 e. The van der Waals surface area contributed by atoms with E-state index in [2.05, 4.69) is 4.74 Å². The molecule has 1 rings (SSSR count). The van der Waals surface area contributed by atoms with Gasteiger partial charge in [0, 0.05) is 20.8 Å². The highest BCUT2D eigenvalue weighted by Crippen LogP contribution is 2.59. The van der Waals surface area contributed by atoms with Crippen LogP contribution in [-0.2, 0) is 37.9 Å². The monoisotopic (exact) mass is 356 g/mol. The maximum atomic E-state index is 11.9. The molecule has 0 amide bonds. The molecule has 1 aliphatic heterocycles. The minimum atomic E-state index is -5.39.